The number of nitro groups is 1. The lowest BCUT2D eigenvalue weighted by molar-refractivity contribution is -0.530. The summed E-state index contributed by atoms with van der Waals surface area (Å²) < 4.78 is 0. The Hall–Kier alpha value is -1.64. The number of nitrogens with zero attached hydrogens (tertiary/aromatic N) is 1. The summed E-state index contributed by atoms with van der Waals surface area (Å²) in [7, 11) is 0. The minimum atomic E-state index is -0.419. The van der Waals surface area contributed by atoms with Gasteiger partial charge in [-0.1, -0.05) is 42.5 Å². The van der Waals surface area contributed by atoms with Crippen LogP contribution in [0.15, 0.2) is 42.5 Å². The van der Waals surface area contributed by atoms with Crippen LogP contribution < -0.4 is 0 Å². The highest BCUT2D eigenvalue weighted by Crippen LogP contribution is 2.49. The third kappa shape index (κ3) is 1.28. The fourth-order valence-corrected chi connectivity index (χ4v) is 3.20. The van der Waals surface area contributed by atoms with E-state index in [0.717, 1.165) is 12.0 Å². The summed E-state index contributed by atoms with van der Waals surface area (Å²) in [5, 5.41) is 11.1. The summed E-state index contributed by atoms with van der Waals surface area (Å²) >= 11 is 0. The lowest BCUT2D eigenvalue weighted by Gasteiger charge is -2.21. The van der Waals surface area contributed by atoms with E-state index in [2.05, 4.69) is 6.08 Å². The van der Waals surface area contributed by atoms with Crippen LogP contribution in [0.4, 0.5) is 0 Å². The highest BCUT2D eigenvalue weighted by atomic mass is 16.6. The van der Waals surface area contributed by atoms with Crippen LogP contribution in [0.2, 0.25) is 0 Å². The molecule has 3 rings (SSSR count). The van der Waals surface area contributed by atoms with Gasteiger partial charge in [-0.05, 0) is 17.9 Å². The summed E-state index contributed by atoms with van der Waals surface area (Å²) in [4.78, 5) is 11.1. The van der Waals surface area contributed by atoms with E-state index in [-0.39, 0.29) is 16.8 Å². The van der Waals surface area contributed by atoms with Crippen molar-refractivity contribution in [2.24, 2.45) is 11.8 Å². The third-order valence-corrected chi connectivity index (χ3v) is 3.85. The maximum absolute atomic E-state index is 11.1. The van der Waals surface area contributed by atoms with E-state index in [1.165, 1.54) is 0 Å². The Morgan fingerprint density at radius 1 is 1.12 bits per heavy atom. The Labute approximate surface area is 93.9 Å². The van der Waals surface area contributed by atoms with Crippen LogP contribution in [0.5, 0.6) is 0 Å². The van der Waals surface area contributed by atoms with Crippen LogP contribution in [-0.4, -0.2) is 11.0 Å². The number of allylic oxidation sites excluding steroid dienone is 1. The second-order valence-corrected chi connectivity index (χ2v) is 4.66. The maximum atomic E-state index is 11.1. The predicted molar refractivity (Wildman–Crippen MR) is 60.7 cm³/mol. The molecule has 0 unspecified atom stereocenters. The first kappa shape index (κ1) is 9.58. The fraction of sp³-hybridized carbons (Fsp3) is 0.385. The number of hydrogen-bond acceptors (Lipinski definition) is 2. The molecule has 1 aromatic carbocycles. The van der Waals surface area contributed by atoms with Gasteiger partial charge in [-0.2, -0.15) is 0 Å². The number of hydrogen-bond donors (Lipinski definition) is 0. The monoisotopic (exact) mass is 215 g/mol. The minimum absolute atomic E-state index is 0.0752. The number of fused-ring (bicyclic) bond motifs is 2. The molecule has 2 aliphatic rings. The van der Waals surface area contributed by atoms with Gasteiger partial charge in [-0.25, -0.2) is 0 Å². The molecule has 4 atom stereocenters. The van der Waals surface area contributed by atoms with Crippen molar-refractivity contribution >= 4 is 0 Å². The van der Waals surface area contributed by atoms with Crippen LogP contribution in [0.3, 0.4) is 0 Å². The quantitative estimate of drug-likeness (QED) is 0.432. The zero-order valence-corrected chi connectivity index (χ0v) is 8.82. The molecule has 0 aliphatic heterocycles. The molecule has 0 N–H and O–H groups in total. The largest absolute Gasteiger partial charge is 0.264 e. The van der Waals surface area contributed by atoms with Gasteiger partial charge in [0.15, 0.2) is 0 Å². The van der Waals surface area contributed by atoms with Crippen LogP contribution in [0, 0.1) is 22.0 Å². The summed E-state index contributed by atoms with van der Waals surface area (Å²) in [5.41, 5.74) is 1.11. The van der Waals surface area contributed by atoms with Gasteiger partial charge in [0.05, 0.1) is 5.92 Å². The van der Waals surface area contributed by atoms with Crippen LogP contribution in [-0.2, 0) is 0 Å². The third-order valence-electron chi connectivity index (χ3n) is 3.85. The van der Waals surface area contributed by atoms with E-state index >= 15 is 0 Å². The van der Waals surface area contributed by atoms with E-state index < -0.39 is 6.04 Å². The van der Waals surface area contributed by atoms with Crippen molar-refractivity contribution in [1.82, 2.24) is 0 Å². The highest BCUT2D eigenvalue weighted by Gasteiger charge is 2.52. The van der Waals surface area contributed by atoms with Gasteiger partial charge in [0.1, 0.15) is 0 Å². The van der Waals surface area contributed by atoms with Crippen LogP contribution >= 0.6 is 0 Å². The number of benzene rings is 1. The molecule has 1 aromatic rings. The van der Waals surface area contributed by atoms with E-state index in [1.807, 2.05) is 36.4 Å². The Kier molecular flexibility index (Phi) is 2.06. The van der Waals surface area contributed by atoms with E-state index in [0.29, 0.717) is 5.92 Å². The van der Waals surface area contributed by atoms with Crippen molar-refractivity contribution in [1.29, 1.82) is 0 Å². The lowest BCUT2D eigenvalue weighted by Crippen LogP contribution is -2.31. The van der Waals surface area contributed by atoms with Gasteiger partial charge in [-0.15, -0.1) is 0 Å². The molecule has 0 heterocycles. The molecular formula is C13H13NO2. The molecule has 3 heteroatoms. The van der Waals surface area contributed by atoms with Crippen molar-refractivity contribution < 1.29 is 4.92 Å². The average molecular weight is 215 g/mol. The topological polar surface area (TPSA) is 43.1 Å². The molecular weight excluding hydrogens is 202 g/mol. The van der Waals surface area contributed by atoms with Crippen LogP contribution in [0.1, 0.15) is 17.9 Å². The van der Waals surface area contributed by atoms with Crippen molar-refractivity contribution in [3.8, 4) is 0 Å². The second kappa shape index (κ2) is 3.44. The van der Waals surface area contributed by atoms with Crippen LogP contribution in [0.25, 0.3) is 0 Å². The highest BCUT2D eigenvalue weighted by molar-refractivity contribution is 5.29. The molecule has 0 saturated heterocycles. The van der Waals surface area contributed by atoms with Gasteiger partial charge in [-0.3, -0.25) is 10.1 Å². The first-order valence-corrected chi connectivity index (χ1v) is 5.64. The molecule has 1 fully saturated rings. The zero-order valence-electron chi connectivity index (χ0n) is 8.82. The summed E-state index contributed by atoms with van der Waals surface area (Å²) in [6.45, 7) is 0. The molecule has 2 bridgehead atoms. The Bertz CT molecular complexity index is 441. The average Bonchev–Trinajstić information content (AvgIpc) is 2.89. The molecule has 0 amide bonds. The summed E-state index contributed by atoms with van der Waals surface area (Å²) in [5.74, 6) is 0.583. The van der Waals surface area contributed by atoms with E-state index in [4.69, 9.17) is 0 Å². The molecule has 1 saturated carbocycles. The molecule has 3 nitrogen and oxygen atoms in total. The molecule has 82 valence electrons. The SMILES string of the molecule is O=[N+]([O-])[C@H]1[C@H](c2ccccc2)[C@H]2C=C[C@@H]1C2. The van der Waals surface area contributed by atoms with Gasteiger partial charge in [0.2, 0.25) is 6.04 Å². The van der Waals surface area contributed by atoms with Gasteiger partial charge in [0.25, 0.3) is 0 Å². The molecule has 0 aromatic heterocycles. The first-order chi connectivity index (χ1) is 7.77. The minimum Gasteiger partial charge on any atom is -0.264 e. The standard InChI is InChI=1S/C13H13NO2/c15-14(16)13-11-7-6-10(8-11)12(13)9-4-2-1-3-5-9/h1-7,10-13H,8H2/t10-,11+,12+,13+/m0/s1. The molecule has 0 spiro atoms. The van der Waals surface area contributed by atoms with Crippen molar-refractivity contribution in [3.63, 3.8) is 0 Å². The molecule has 0 radical (unpaired) electrons. The van der Waals surface area contributed by atoms with E-state index in [9.17, 15) is 10.1 Å². The normalized spacial score (nSPS) is 35.5. The molecule has 2 aliphatic carbocycles. The molecule has 16 heavy (non-hydrogen) atoms. The Balaban J connectivity index is 2.00. The zero-order chi connectivity index (χ0) is 11.1. The van der Waals surface area contributed by atoms with Gasteiger partial charge >= 0.3 is 0 Å². The van der Waals surface area contributed by atoms with Gasteiger partial charge < -0.3 is 0 Å². The fourth-order valence-electron chi connectivity index (χ4n) is 3.20. The van der Waals surface area contributed by atoms with E-state index in [1.54, 1.807) is 0 Å². The Morgan fingerprint density at radius 3 is 2.50 bits per heavy atom. The first-order valence-electron chi connectivity index (χ1n) is 5.64. The second-order valence-electron chi connectivity index (χ2n) is 4.66. The van der Waals surface area contributed by atoms with Crippen molar-refractivity contribution in [3.05, 3.63) is 58.2 Å². The van der Waals surface area contributed by atoms with Gasteiger partial charge in [0, 0.05) is 10.8 Å². The van der Waals surface area contributed by atoms with Crippen molar-refractivity contribution in [2.75, 3.05) is 0 Å². The Morgan fingerprint density at radius 2 is 1.81 bits per heavy atom. The summed E-state index contributed by atoms with van der Waals surface area (Å²) in [6, 6.07) is 9.47. The maximum Gasteiger partial charge on any atom is 0.226 e. The smallest absolute Gasteiger partial charge is 0.226 e. The lowest BCUT2D eigenvalue weighted by atomic mass is 9.83. The number of rotatable bonds is 2. The van der Waals surface area contributed by atoms with Crippen molar-refractivity contribution in [2.45, 2.75) is 18.4 Å². The summed E-state index contributed by atoms with van der Waals surface area (Å²) in [6.07, 6.45) is 5.13. The predicted octanol–water partition coefficient (Wildman–Crippen LogP) is 2.62.